The Kier molecular flexibility index (Phi) is 7.52. The van der Waals surface area contributed by atoms with Crippen LogP contribution in [0.5, 0.6) is 0 Å². The summed E-state index contributed by atoms with van der Waals surface area (Å²) in [7, 11) is 0. The minimum atomic E-state index is 0.122. The van der Waals surface area contributed by atoms with Gasteiger partial charge in [0.25, 0.3) is 0 Å². The predicted molar refractivity (Wildman–Crippen MR) is 101 cm³/mol. The molecule has 6 atom stereocenters. The lowest BCUT2D eigenvalue weighted by Gasteiger charge is -2.37. The van der Waals surface area contributed by atoms with E-state index in [0.29, 0.717) is 11.8 Å². The number of nitrogens with zero attached hydrogens (tertiary/aromatic N) is 1. The normalized spacial score (nSPS) is 40.6. The first-order valence-corrected chi connectivity index (χ1v) is 11.1. The molecule has 3 nitrogen and oxygen atoms in total. The molecule has 1 N–H and O–H groups in total. The van der Waals surface area contributed by atoms with Crippen molar-refractivity contribution in [2.45, 2.75) is 47.3 Å². The van der Waals surface area contributed by atoms with Crippen molar-refractivity contribution in [2.75, 3.05) is 38.7 Å². The van der Waals surface area contributed by atoms with Crippen LogP contribution < -0.4 is 5.32 Å². The highest BCUT2D eigenvalue weighted by atomic mass is 35.5. The van der Waals surface area contributed by atoms with Gasteiger partial charge in [-0.2, -0.15) is 0 Å². The van der Waals surface area contributed by atoms with Gasteiger partial charge in [-0.05, 0) is 31.4 Å². The summed E-state index contributed by atoms with van der Waals surface area (Å²) in [4.78, 5) is 2.43. The molecule has 7 heteroatoms. The second-order valence-electron chi connectivity index (χ2n) is 6.97. The van der Waals surface area contributed by atoms with Crippen LogP contribution in [0.4, 0.5) is 0 Å². The monoisotopic (exact) mass is 400 g/mol. The van der Waals surface area contributed by atoms with Crippen molar-refractivity contribution in [2.24, 2.45) is 11.8 Å². The van der Waals surface area contributed by atoms with E-state index in [1.807, 2.05) is 11.8 Å². The molecule has 3 rings (SSSR count). The van der Waals surface area contributed by atoms with Crippen LogP contribution in [0.2, 0.25) is 0 Å². The fourth-order valence-corrected chi connectivity index (χ4v) is 6.32. The molecule has 0 bridgehead atoms. The summed E-state index contributed by atoms with van der Waals surface area (Å²) < 4.78 is 6.61. The van der Waals surface area contributed by atoms with E-state index in [4.69, 9.17) is 39.5 Å². The van der Waals surface area contributed by atoms with Gasteiger partial charge in [-0.15, -0.1) is 46.6 Å². The fraction of sp³-hybridized carbons (Fsp3) is 1.00. The van der Waals surface area contributed by atoms with E-state index >= 15 is 0 Å². The Hall–Kier alpha value is 1.10. The number of rotatable bonds is 6. The minimum absolute atomic E-state index is 0.122. The molecule has 5 unspecified atom stereocenters. The van der Waals surface area contributed by atoms with Gasteiger partial charge in [0.15, 0.2) is 0 Å². The lowest BCUT2D eigenvalue weighted by atomic mass is 9.84. The molecule has 134 valence electrons. The molecular weight excluding hydrogens is 375 g/mol. The second kappa shape index (κ2) is 9.16. The molecule has 2 aliphatic heterocycles. The summed E-state index contributed by atoms with van der Waals surface area (Å²) in [6.45, 7) is 4.83. The fourth-order valence-electron chi connectivity index (χ4n) is 3.79. The zero-order chi connectivity index (χ0) is 16.2. The topological polar surface area (TPSA) is 24.5 Å². The first-order valence-electron chi connectivity index (χ1n) is 8.72. The average Bonchev–Trinajstić information content (AvgIpc) is 3.16. The van der Waals surface area contributed by atoms with Crippen molar-refractivity contribution >= 4 is 46.6 Å². The molecule has 23 heavy (non-hydrogen) atoms. The van der Waals surface area contributed by atoms with E-state index < -0.39 is 0 Å². The van der Waals surface area contributed by atoms with Crippen LogP contribution in [-0.2, 0) is 4.74 Å². The van der Waals surface area contributed by atoms with Crippen LogP contribution in [0.1, 0.15) is 25.7 Å². The molecule has 1 saturated carbocycles. The van der Waals surface area contributed by atoms with Crippen LogP contribution in [0, 0.1) is 11.8 Å². The summed E-state index contributed by atoms with van der Waals surface area (Å²) in [5.41, 5.74) is 0. The first kappa shape index (κ1) is 18.9. The van der Waals surface area contributed by atoms with Gasteiger partial charge >= 0.3 is 0 Å². The van der Waals surface area contributed by atoms with Crippen LogP contribution in [0.25, 0.3) is 0 Å². The summed E-state index contributed by atoms with van der Waals surface area (Å²) in [6, 6.07) is 0. The van der Waals surface area contributed by atoms with Crippen LogP contribution >= 0.6 is 46.6 Å². The van der Waals surface area contributed by atoms with E-state index in [0.717, 1.165) is 64.3 Å². The molecular formula is C16H27Cl3N2OS. The molecule has 0 aromatic rings. The zero-order valence-corrected chi connectivity index (χ0v) is 16.5. The number of halogens is 3. The van der Waals surface area contributed by atoms with E-state index in [9.17, 15) is 0 Å². The van der Waals surface area contributed by atoms with E-state index in [1.54, 1.807) is 0 Å². The molecule has 0 amide bonds. The molecule has 0 aromatic carbocycles. The molecule has 3 fully saturated rings. The van der Waals surface area contributed by atoms with Crippen molar-refractivity contribution in [3.8, 4) is 0 Å². The number of thioether (sulfide) groups is 1. The third-order valence-electron chi connectivity index (χ3n) is 5.28. The van der Waals surface area contributed by atoms with Crippen LogP contribution in [-0.4, -0.2) is 65.1 Å². The van der Waals surface area contributed by atoms with E-state index in [2.05, 4.69) is 10.2 Å². The molecule has 2 heterocycles. The third-order valence-corrected chi connectivity index (χ3v) is 8.08. The average molecular weight is 402 g/mol. The van der Waals surface area contributed by atoms with Gasteiger partial charge in [0, 0.05) is 48.9 Å². The van der Waals surface area contributed by atoms with Crippen molar-refractivity contribution in [1.82, 2.24) is 10.2 Å². The third kappa shape index (κ3) is 5.29. The Labute approximate surface area is 159 Å². The van der Waals surface area contributed by atoms with Crippen molar-refractivity contribution < 1.29 is 4.74 Å². The molecule has 0 spiro atoms. The molecule has 0 radical (unpaired) electrons. The van der Waals surface area contributed by atoms with Gasteiger partial charge in [0.1, 0.15) is 0 Å². The highest BCUT2D eigenvalue weighted by Gasteiger charge is 2.37. The number of ether oxygens (including phenoxy) is 1. The number of alkyl halides is 3. The Balaban J connectivity index is 1.58. The molecule has 2 saturated heterocycles. The Morgan fingerprint density at radius 2 is 2.09 bits per heavy atom. The van der Waals surface area contributed by atoms with Gasteiger partial charge in [-0.1, -0.05) is 0 Å². The molecule has 0 aromatic heterocycles. The van der Waals surface area contributed by atoms with Crippen molar-refractivity contribution in [3.05, 3.63) is 0 Å². The lowest BCUT2D eigenvalue weighted by Crippen LogP contribution is -2.44. The maximum absolute atomic E-state index is 6.65. The Morgan fingerprint density at radius 3 is 2.74 bits per heavy atom. The second-order valence-corrected chi connectivity index (χ2v) is 10.1. The summed E-state index contributed by atoms with van der Waals surface area (Å²) in [6.07, 6.45) is 4.36. The number of hydrogen-bond donors (Lipinski definition) is 1. The maximum atomic E-state index is 6.65. The summed E-state index contributed by atoms with van der Waals surface area (Å²) in [5, 5.41) is 3.74. The Morgan fingerprint density at radius 1 is 1.22 bits per heavy atom. The highest BCUT2D eigenvalue weighted by Crippen LogP contribution is 2.38. The molecule has 3 aliphatic rings. The van der Waals surface area contributed by atoms with Gasteiger partial charge in [0.05, 0.1) is 17.4 Å². The number of nitrogens with one attached hydrogen (secondary N) is 1. The smallest absolute Gasteiger partial charge is 0.0839 e. The van der Waals surface area contributed by atoms with Crippen molar-refractivity contribution in [3.63, 3.8) is 0 Å². The highest BCUT2D eigenvalue weighted by molar-refractivity contribution is 8.01. The molecule has 1 aliphatic carbocycles. The minimum Gasteiger partial charge on any atom is -0.376 e. The van der Waals surface area contributed by atoms with Gasteiger partial charge in [-0.3, -0.25) is 4.90 Å². The van der Waals surface area contributed by atoms with E-state index in [-0.39, 0.29) is 21.6 Å². The van der Waals surface area contributed by atoms with Gasteiger partial charge < -0.3 is 10.1 Å². The zero-order valence-electron chi connectivity index (χ0n) is 13.4. The maximum Gasteiger partial charge on any atom is 0.0839 e. The van der Waals surface area contributed by atoms with Gasteiger partial charge in [-0.25, -0.2) is 0 Å². The first-order chi connectivity index (χ1) is 11.1. The largest absolute Gasteiger partial charge is 0.376 e. The van der Waals surface area contributed by atoms with Gasteiger partial charge in [0.2, 0.25) is 0 Å². The lowest BCUT2D eigenvalue weighted by molar-refractivity contribution is -0.0287. The van der Waals surface area contributed by atoms with E-state index in [1.165, 1.54) is 0 Å². The summed E-state index contributed by atoms with van der Waals surface area (Å²) in [5.74, 6) is 2.02. The standard InChI is InChI=1S/C16H27Cl3N2OS/c17-12-1-2-13(14(18)7-12)15(8-21-5-4-20-10-21)22-9-11-3-6-23-16(11)19/h11-16,20H,1-10H2/t11?,12?,13?,14?,15-,16?/m1/s1. The number of hydrogen-bond acceptors (Lipinski definition) is 4. The predicted octanol–water partition coefficient (Wildman–Crippen LogP) is 3.57. The quantitative estimate of drug-likeness (QED) is 0.688. The van der Waals surface area contributed by atoms with Crippen LogP contribution in [0.15, 0.2) is 0 Å². The summed E-state index contributed by atoms with van der Waals surface area (Å²) >= 11 is 21.2. The van der Waals surface area contributed by atoms with Crippen molar-refractivity contribution in [1.29, 1.82) is 0 Å². The Bertz CT molecular complexity index is 373. The SMILES string of the molecule is ClC1CCC([C@@H](CN2CCNC2)OCC2CCSC2Cl)C(Cl)C1. The van der Waals surface area contributed by atoms with Crippen LogP contribution in [0.3, 0.4) is 0 Å².